The van der Waals surface area contributed by atoms with Crippen LogP contribution in [0.3, 0.4) is 0 Å². The van der Waals surface area contributed by atoms with Crippen molar-refractivity contribution >= 4 is 11.8 Å². The van der Waals surface area contributed by atoms with Gasteiger partial charge in [-0.25, -0.2) is 0 Å². The largest absolute Gasteiger partial charge is 0.481 e. The van der Waals surface area contributed by atoms with Crippen LogP contribution in [0.2, 0.25) is 0 Å². The van der Waals surface area contributed by atoms with Crippen LogP contribution in [0.25, 0.3) is 0 Å². The number of aliphatic hydroxyl groups is 2. The van der Waals surface area contributed by atoms with Crippen molar-refractivity contribution < 1.29 is 24.9 Å². The predicted octanol–water partition coefficient (Wildman–Crippen LogP) is 5.07. The Bertz CT molecular complexity index is 882. The first kappa shape index (κ1) is 24.7. The number of carboxylic acids is 1. The number of rotatable bonds is 3. The maximum atomic E-state index is 12.8. The lowest BCUT2D eigenvalue weighted by atomic mass is 9.32. The summed E-state index contributed by atoms with van der Waals surface area (Å²) in [5, 5.41) is 31.0. The fourth-order valence-electron chi connectivity index (χ4n) is 11.4. The first-order chi connectivity index (χ1) is 15.8. The van der Waals surface area contributed by atoms with E-state index in [1.807, 2.05) is 0 Å². The van der Waals surface area contributed by atoms with Gasteiger partial charge in [0.15, 0.2) is 5.78 Å². The second kappa shape index (κ2) is 7.54. The van der Waals surface area contributed by atoms with Gasteiger partial charge in [0.1, 0.15) is 6.61 Å². The lowest BCUT2D eigenvalue weighted by Crippen LogP contribution is -2.67. The average molecular weight is 475 g/mol. The predicted molar refractivity (Wildman–Crippen MR) is 130 cm³/mol. The van der Waals surface area contributed by atoms with Gasteiger partial charge in [-0.05, 0) is 110 Å². The fourth-order valence-corrected chi connectivity index (χ4v) is 11.4. The Morgan fingerprint density at radius 1 is 0.794 bits per heavy atom. The van der Waals surface area contributed by atoms with E-state index in [9.17, 15) is 24.9 Å². The standard InChI is InChI=1S/C29H46O5/c1-25(2)20-9-12-28(5)21(26(20,3)11-10-22(25)32)7-6-18-23-17(19(31)16-30)8-13-29(23,24(33)34)15-14-27(18,28)4/h17-18,20-23,30,32H,6-16H2,1-5H3,(H,33,34)/t17-,18+,20-,21+,22-,23+,26-,27+,28+,29-/m0/s1. The molecule has 0 unspecified atom stereocenters. The first-order valence-corrected chi connectivity index (χ1v) is 13.8. The third kappa shape index (κ3) is 2.80. The van der Waals surface area contributed by atoms with Crippen LogP contribution in [0.1, 0.15) is 98.8 Å². The Morgan fingerprint density at radius 3 is 2.15 bits per heavy atom. The van der Waals surface area contributed by atoms with Gasteiger partial charge in [0, 0.05) is 5.92 Å². The molecule has 192 valence electrons. The van der Waals surface area contributed by atoms with Gasteiger partial charge in [-0.2, -0.15) is 0 Å². The van der Waals surface area contributed by atoms with E-state index in [0.717, 1.165) is 44.9 Å². The van der Waals surface area contributed by atoms with E-state index in [1.165, 1.54) is 0 Å². The maximum absolute atomic E-state index is 12.8. The van der Waals surface area contributed by atoms with Gasteiger partial charge in [-0.15, -0.1) is 0 Å². The Hall–Kier alpha value is -0.940. The zero-order valence-electron chi connectivity index (χ0n) is 21.9. The van der Waals surface area contributed by atoms with Gasteiger partial charge in [-0.3, -0.25) is 9.59 Å². The first-order valence-electron chi connectivity index (χ1n) is 13.8. The smallest absolute Gasteiger partial charge is 0.309 e. The Balaban J connectivity index is 1.56. The Morgan fingerprint density at radius 2 is 1.50 bits per heavy atom. The molecule has 0 heterocycles. The van der Waals surface area contributed by atoms with E-state index in [0.29, 0.717) is 31.1 Å². The SMILES string of the molecule is CC1(C)[C@@H](O)CC[C@]2(C)[C@H]3CC[C@@H]4[C@H]5[C@H](C(=O)CO)CC[C@]5(C(=O)O)CC[C@@]4(C)[C@]3(C)CC[C@@H]12. The van der Waals surface area contributed by atoms with Gasteiger partial charge >= 0.3 is 5.97 Å². The molecule has 5 nitrogen and oxygen atoms in total. The number of carbonyl (C=O) groups excluding carboxylic acids is 1. The van der Waals surface area contributed by atoms with Crippen LogP contribution in [0.4, 0.5) is 0 Å². The molecular formula is C29H46O5. The number of ketones is 1. The molecule has 34 heavy (non-hydrogen) atoms. The van der Waals surface area contributed by atoms with Crippen molar-refractivity contribution in [3.63, 3.8) is 0 Å². The highest BCUT2D eigenvalue weighted by atomic mass is 16.4. The summed E-state index contributed by atoms with van der Waals surface area (Å²) < 4.78 is 0. The number of carbonyl (C=O) groups is 2. The zero-order valence-corrected chi connectivity index (χ0v) is 21.9. The molecule has 0 bridgehead atoms. The molecule has 0 spiro atoms. The molecule has 0 amide bonds. The lowest BCUT2D eigenvalue weighted by molar-refractivity contribution is -0.248. The Labute approximate surface area is 205 Å². The quantitative estimate of drug-likeness (QED) is 0.530. The van der Waals surface area contributed by atoms with Crippen LogP contribution in [0.15, 0.2) is 0 Å². The monoisotopic (exact) mass is 474 g/mol. The molecule has 5 rings (SSSR count). The summed E-state index contributed by atoms with van der Waals surface area (Å²) in [4.78, 5) is 25.5. The molecule has 3 N–H and O–H groups in total. The normalized spacial score (nSPS) is 53.7. The minimum Gasteiger partial charge on any atom is -0.481 e. The molecule has 10 atom stereocenters. The number of aliphatic hydroxyl groups excluding tert-OH is 2. The summed E-state index contributed by atoms with van der Waals surface area (Å²) in [6, 6.07) is 0. The third-order valence-corrected chi connectivity index (χ3v) is 13.4. The number of fused-ring (bicyclic) bond motifs is 7. The molecule has 0 aromatic heterocycles. The van der Waals surface area contributed by atoms with Crippen molar-refractivity contribution in [2.45, 2.75) is 105 Å². The van der Waals surface area contributed by atoms with Crippen LogP contribution < -0.4 is 0 Å². The number of hydrogen-bond donors (Lipinski definition) is 3. The van der Waals surface area contributed by atoms with Gasteiger partial charge in [0.2, 0.25) is 0 Å². The Kier molecular flexibility index (Phi) is 5.48. The number of hydrogen-bond acceptors (Lipinski definition) is 4. The maximum Gasteiger partial charge on any atom is 0.309 e. The van der Waals surface area contributed by atoms with Crippen LogP contribution in [0, 0.1) is 56.7 Å². The molecule has 0 aromatic rings. The molecule has 0 radical (unpaired) electrons. The molecular weight excluding hydrogens is 428 g/mol. The molecule has 5 fully saturated rings. The number of Topliss-reactive ketones (excluding diaryl/α,β-unsaturated/α-hetero) is 1. The topological polar surface area (TPSA) is 94.8 Å². The van der Waals surface area contributed by atoms with E-state index < -0.39 is 18.0 Å². The van der Waals surface area contributed by atoms with Crippen molar-refractivity contribution in [2.24, 2.45) is 56.7 Å². The highest BCUT2D eigenvalue weighted by molar-refractivity contribution is 5.85. The summed E-state index contributed by atoms with van der Waals surface area (Å²) in [6.45, 7) is 11.5. The number of aliphatic carboxylic acids is 1. The third-order valence-electron chi connectivity index (χ3n) is 13.4. The zero-order chi connectivity index (χ0) is 24.9. The average Bonchev–Trinajstić information content (AvgIpc) is 3.18. The number of carboxylic acid groups (broad SMARTS) is 1. The van der Waals surface area contributed by atoms with Crippen molar-refractivity contribution in [3.05, 3.63) is 0 Å². The molecule has 5 saturated carbocycles. The van der Waals surface area contributed by atoms with Gasteiger partial charge < -0.3 is 15.3 Å². The minimum atomic E-state index is -0.805. The van der Waals surface area contributed by atoms with Crippen molar-refractivity contribution in [3.8, 4) is 0 Å². The van der Waals surface area contributed by atoms with Crippen molar-refractivity contribution in [2.75, 3.05) is 6.61 Å². The molecule has 0 saturated heterocycles. The van der Waals surface area contributed by atoms with Crippen LogP contribution in [-0.2, 0) is 9.59 Å². The van der Waals surface area contributed by atoms with Crippen LogP contribution in [0.5, 0.6) is 0 Å². The summed E-state index contributed by atoms with van der Waals surface area (Å²) in [6.07, 6.45) is 8.74. The molecule has 0 aliphatic heterocycles. The molecule has 5 aliphatic rings. The second-order valence-electron chi connectivity index (χ2n) is 14.3. The summed E-state index contributed by atoms with van der Waals surface area (Å²) >= 11 is 0. The molecule has 0 aromatic carbocycles. The minimum absolute atomic E-state index is 0.00789. The van der Waals surface area contributed by atoms with E-state index in [-0.39, 0.29) is 51.3 Å². The molecule has 5 heteroatoms. The van der Waals surface area contributed by atoms with E-state index in [4.69, 9.17) is 0 Å². The van der Waals surface area contributed by atoms with Crippen molar-refractivity contribution in [1.29, 1.82) is 0 Å². The molecule has 5 aliphatic carbocycles. The van der Waals surface area contributed by atoms with E-state index in [2.05, 4.69) is 34.6 Å². The van der Waals surface area contributed by atoms with Gasteiger partial charge in [-0.1, -0.05) is 34.6 Å². The summed E-state index contributed by atoms with van der Waals surface area (Å²) in [5.41, 5.74) is -0.616. The van der Waals surface area contributed by atoms with Gasteiger partial charge in [0.25, 0.3) is 0 Å². The second-order valence-corrected chi connectivity index (χ2v) is 14.3. The summed E-state index contributed by atoms with van der Waals surface area (Å²) in [5.74, 6) is -0.0831. The highest BCUT2D eigenvalue weighted by Crippen LogP contribution is 2.77. The highest BCUT2D eigenvalue weighted by Gasteiger charge is 2.72. The van der Waals surface area contributed by atoms with Gasteiger partial charge in [0.05, 0.1) is 11.5 Å². The fraction of sp³-hybridized carbons (Fsp3) is 0.931. The van der Waals surface area contributed by atoms with Crippen molar-refractivity contribution in [1.82, 2.24) is 0 Å². The summed E-state index contributed by atoms with van der Waals surface area (Å²) in [7, 11) is 0. The lowest BCUT2D eigenvalue weighted by Gasteiger charge is -2.72. The van der Waals surface area contributed by atoms with Crippen LogP contribution in [-0.4, -0.2) is 39.8 Å². The van der Waals surface area contributed by atoms with Crippen LogP contribution >= 0.6 is 0 Å². The van der Waals surface area contributed by atoms with E-state index >= 15 is 0 Å². The van der Waals surface area contributed by atoms with E-state index in [1.54, 1.807) is 0 Å².